The van der Waals surface area contributed by atoms with Crippen molar-refractivity contribution in [1.82, 2.24) is 14.9 Å². The van der Waals surface area contributed by atoms with Crippen molar-refractivity contribution in [3.63, 3.8) is 0 Å². The highest BCUT2D eigenvalue weighted by Gasteiger charge is 2.38. The molecular weight excluding hydrogens is 546 g/mol. The van der Waals surface area contributed by atoms with Gasteiger partial charge in [-0.25, -0.2) is 14.8 Å². The SMILES string of the molecule is CC(C)(C)OC(=O)N1CCC(N(Cc2cc(C(F)(F)F)cc(C(F)(F)F)c2)c2ncc(Br)cn2)C1. The number of aromatic nitrogens is 2. The van der Waals surface area contributed by atoms with Crippen LogP contribution in [0.1, 0.15) is 43.9 Å². The molecule has 1 aliphatic rings. The zero-order valence-corrected chi connectivity index (χ0v) is 20.6. The fraction of sp³-hybridized carbons (Fsp3) is 0.500. The van der Waals surface area contributed by atoms with Gasteiger partial charge in [-0.2, -0.15) is 26.3 Å². The third-order valence-corrected chi connectivity index (χ3v) is 5.53. The van der Waals surface area contributed by atoms with Crippen LogP contribution < -0.4 is 4.90 Å². The van der Waals surface area contributed by atoms with Crippen molar-refractivity contribution in [3.8, 4) is 0 Å². The molecule has 2 heterocycles. The van der Waals surface area contributed by atoms with Gasteiger partial charge >= 0.3 is 18.4 Å². The summed E-state index contributed by atoms with van der Waals surface area (Å²) in [7, 11) is 0. The van der Waals surface area contributed by atoms with Crippen molar-refractivity contribution in [3.05, 3.63) is 51.8 Å². The van der Waals surface area contributed by atoms with Gasteiger partial charge in [0.1, 0.15) is 5.60 Å². The fourth-order valence-corrected chi connectivity index (χ4v) is 3.82. The maximum atomic E-state index is 13.3. The molecule has 1 saturated heterocycles. The maximum absolute atomic E-state index is 13.3. The number of ether oxygens (including phenoxy) is 1. The lowest BCUT2D eigenvalue weighted by molar-refractivity contribution is -0.143. The van der Waals surface area contributed by atoms with Crippen LogP contribution in [0, 0.1) is 0 Å². The Kier molecular flexibility index (Phi) is 7.59. The van der Waals surface area contributed by atoms with Crippen LogP contribution >= 0.6 is 15.9 Å². The van der Waals surface area contributed by atoms with E-state index in [1.165, 1.54) is 22.2 Å². The van der Waals surface area contributed by atoms with E-state index >= 15 is 0 Å². The molecule has 6 nitrogen and oxygen atoms in total. The van der Waals surface area contributed by atoms with E-state index < -0.39 is 41.2 Å². The molecule has 1 aromatic carbocycles. The lowest BCUT2D eigenvalue weighted by Crippen LogP contribution is -2.41. The van der Waals surface area contributed by atoms with Gasteiger partial charge in [0.25, 0.3) is 0 Å². The van der Waals surface area contributed by atoms with E-state index in [1.807, 2.05) is 0 Å². The van der Waals surface area contributed by atoms with E-state index in [-0.39, 0.29) is 30.7 Å². The number of nitrogens with zero attached hydrogens (tertiary/aromatic N) is 4. The monoisotopic (exact) mass is 568 g/mol. The minimum atomic E-state index is -4.96. The molecule has 0 radical (unpaired) electrons. The first-order valence-corrected chi connectivity index (χ1v) is 11.3. The van der Waals surface area contributed by atoms with Gasteiger partial charge < -0.3 is 14.5 Å². The molecule has 3 rings (SSSR count). The first-order chi connectivity index (χ1) is 16.0. The number of carbonyl (C=O) groups is 1. The Morgan fingerprint density at radius 1 is 1.06 bits per heavy atom. The molecule has 192 valence electrons. The van der Waals surface area contributed by atoms with Crippen LogP contribution in [0.4, 0.5) is 37.1 Å². The molecule has 0 saturated carbocycles. The van der Waals surface area contributed by atoms with Crippen LogP contribution in [0.25, 0.3) is 0 Å². The van der Waals surface area contributed by atoms with Crippen molar-refractivity contribution < 1.29 is 35.9 Å². The number of anilines is 1. The van der Waals surface area contributed by atoms with Gasteiger partial charge in [-0.05, 0) is 66.9 Å². The number of amides is 1. The van der Waals surface area contributed by atoms with E-state index in [0.717, 1.165) is 0 Å². The summed E-state index contributed by atoms with van der Waals surface area (Å²) in [6.07, 6.45) is -7.25. The summed E-state index contributed by atoms with van der Waals surface area (Å²) >= 11 is 3.20. The second-order valence-corrected chi connectivity index (χ2v) is 10.0. The molecule has 1 fully saturated rings. The molecule has 1 aromatic heterocycles. The lowest BCUT2D eigenvalue weighted by Gasteiger charge is -2.30. The number of hydrogen-bond donors (Lipinski definition) is 0. The Hall–Kier alpha value is -2.57. The molecule has 0 N–H and O–H groups in total. The van der Waals surface area contributed by atoms with Crippen molar-refractivity contribution in [2.45, 2.75) is 57.7 Å². The highest BCUT2D eigenvalue weighted by Crippen LogP contribution is 2.37. The number of benzene rings is 1. The number of alkyl halides is 6. The normalized spacial score (nSPS) is 17.0. The Balaban J connectivity index is 1.95. The van der Waals surface area contributed by atoms with Crippen LogP contribution in [-0.4, -0.2) is 45.7 Å². The maximum Gasteiger partial charge on any atom is 0.416 e. The summed E-state index contributed by atoms with van der Waals surface area (Å²) in [5.41, 5.74) is -3.74. The van der Waals surface area contributed by atoms with E-state index in [2.05, 4.69) is 25.9 Å². The summed E-state index contributed by atoms with van der Waals surface area (Å²) < 4.78 is 86.0. The van der Waals surface area contributed by atoms with Crippen molar-refractivity contribution >= 4 is 28.0 Å². The predicted octanol–water partition coefficient (Wildman–Crippen LogP) is 6.29. The standard InChI is InChI=1S/C22H23BrF6N4O2/c1-20(2,3)35-19(34)32-5-4-17(12-32)33(18-30-9-16(23)10-31-18)11-13-6-14(21(24,25)26)8-15(7-13)22(27,28)29/h6-10,17H,4-5,11-12H2,1-3H3. The second kappa shape index (κ2) is 9.82. The van der Waals surface area contributed by atoms with E-state index in [1.54, 1.807) is 20.8 Å². The molecule has 35 heavy (non-hydrogen) atoms. The average Bonchev–Trinajstić information content (AvgIpc) is 3.20. The van der Waals surface area contributed by atoms with Crippen LogP contribution in [0.5, 0.6) is 0 Å². The summed E-state index contributed by atoms with van der Waals surface area (Å²) in [5, 5.41) is 0. The summed E-state index contributed by atoms with van der Waals surface area (Å²) in [5.74, 6) is 0.107. The number of carbonyl (C=O) groups excluding carboxylic acids is 1. The highest BCUT2D eigenvalue weighted by molar-refractivity contribution is 9.10. The summed E-state index contributed by atoms with van der Waals surface area (Å²) in [4.78, 5) is 23.8. The zero-order valence-electron chi connectivity index (χ0n) is 19.0. The van der Waals surface area contributed by atoms with E-state index in [4.69, 9.17) is 4.74 Å². The third-order valence-electron chi connectivity index (χ3n) is 5.12. The molecule has 1 atom stereocenters. The fourth-order valence-electron chi connectivity index (χ4n) is 3.61. The second-order valence-electron chi connectivity index (χ2n) is 9.11. The summed E-state index contributed by atoms with van der Waals surface area (Å²) in [6.45, 7) is 5.24. The first-order valence-electron chi connectivity index (χ1n) is 10.5. The largest absolute Gasteiger partial charge is 0.444 e. The van der Waals surface area contributed by atoms with Gasteiger partial charge in [-0.15, -0.1) is 0 Å². The molecule has 0 spiro atoms. The van der Waals surface area contributed by atoms with Gasteiger partial charge in [-0.3, -0.25) is 0 Å². The third kappa shape index (κ3) is 7.21. The zero-order chi connectivity index (χ0) is 26.2. The van der Waals surface area contributed by atoms with Gasteiger partial charge in [0.05, 0.1) is 21.6 Å². The van der Waals surface area contributed by atoms with Crippen LogP contribution in [-0.2, 0) is 23.6 Å². The quantitative estimate of drug-likeness (QED) is 0.405. The number of halogens is 7. The van der Waals surface area contributed by atoms with Crippen molar-refractivity contribution in [1.29, 1.82) is 0 Å². The Labute approximate surface area is 206 Å². The van der Waals surface area contributed by atoms with Gasteiger partial charge in [-0.1, -0.05) is 0 Å². The Bertz CT molecular complexity index is 1020. The molecule has 1 aliphatic heterocycles. The number of hydrogen-bond acceptors (Lipinski definition) is 5. The Morgan fingerprint density at radius 2 is 1.60 bits per heavy atom. The van der Waals surface area contributed by atoms with Gasteiger partial charge in [0.15, 0.2) is 0 Å². The number of rotatable bonds is 4. The molecule has 13 heteroatoms. The molecule has 0 aliphatic carbocycles. The molecule has 1 amide bonds. The van der Waals surface area contributed by atoms with Crippen LogP contribution in [0.15, 0.2) is 35.1 Å². The van der Waals surface area contributed by atoms with Crippen molar-refractivity contribution in [2.75, 3.05) is 18.0 Å². The minimum absolute atomic E-state index is 0.0871. The first kappa shape index (κ1) is 27.0. The van der Waals surface area contributed by atoms with E-state index in [9.17, 15) is 31.1 Å². The molecule has 1 unspecified atom stereocenters. The van der Waals surface area contributed by atoms with Gasteiger partial charge in [0.2, 0.25) is 5.95 Å². The molecule has 2 aromatic rings. The average molecular weight is 569 g/mol. The van der Waals surface area contributed by atoms with Crippen molar-refractivity contribution in [2.24, 2.45) is 0 Å². The van der Waals surface area contributed by atoms with Crippen LogP contribution in [0.2, 0.25) is 0 Å². The van der Waals surface area contributed by atoms with Gasteiger partial charge in [0, 0.05) is 32.0 Å². The lowest BCUT2D eigenvalue weighted by atomic mass is 10.0. The van der Waals surface area contributed by atoms with E-state index in [0.29, 0.717) is 29.6 Å². The predicted molar refractivity (Wildman–Crippen MR) is 119 cm³/mol. The number of likely N-dealkylation sites (tertiary alicyclic amines) is 1. The Morgan fingerprint density at radius 3 is 2.09 bits per heavy atom. The van der Waals surface area contributed by atoms with Crippen LogP contribution in [0.3, 0.4) is 0 Å². The topological polar surface area (TPSA) is 58.6 Å². The molecular formula is C22H23BrF6N4O2. The highest BCUT2D eigenvalue weighted by atomic mass is 79.9. The minimum Gasteiger partial charge on any atom is -0.444 e. The smallest absolute Gasteiger partial charge is 0.416 e. The molecule has 0 bridgehead atoms. The summed E-state index contributed by atoms with van der Waals surface area (Å²) in [6, 6.07) is 0.986.